The molecule has 1 aromatic carbocycles. The summed E-state index contributed by atoms with van der Waals surface area (Å²) in [6.45, 7) is 8.51. The van der Waals surface area contributed by atoms with E-state index in [1.165, 1.54) is 33.2 Å². The Kier molecular flexibility index (Phi) is 6.63. The lowest BCUT2D eigenvalue weighted by Crippen LogP contribution is -2.47. The molecule has 0 saturated carbocycles. The van der Waals surface area contributed by atoms with Crippen LogP contribution >= 0.6 is 24.0 Å². The maximum absolute atomic E-state index is 13.7. The molecule has 5 rings (SSSR count). The molecular formula is C26H24FN5O2S2. The minimum Gasteiger partial charge on any atom is -0.368 e. The molecule has 36 heavy (non-hydrogen) atoms. The van der Waals surface area contributed by atoms with Crippen LogP contribution in [0.1, 0.15) is 11.1 Å². The van der Waals surface area contributed by atoms with Gasteiger partial charge in [0.1, 0.15) is 21.6 Å². The van der Waals surface area contributed by atoms with Crippen molar-refractivity contribution in [1.82, 2.24) is 14.3 Å². The lowest BCUT2D eigenvalue weighted by Gasteiger charge is -2.37. The van der Waals surface area contributed by atoms with E-state index in [1.54, 1.807) is 30.5 Å². The monoisotopic (exact) mass is 521 g/mol. The van der Waals surface area contributed by atoms with Gasteiger partial charge in [0, 0.05) is 44.6 Å². The van der Waals surface area contributed by atoms with Crippen molar-refractivity contribution in [2.45, 2.75) is 6.92 Å². The Labute approximate surface area is 217 Å². The van der Waals surface area contributed by atoms with Gasteiger partial charge in [-0.25, -0.2) is 9.37 Å². The van der Waals surface area contributed by atoms with Crippen LogP contribution in [0.15, 0.2) is 64.9 Å². The summed E-state index contributed by atoms with van der Waals surface area (Å²) in [7, 11) is 0. The van der Waals surface area contributed by atoms with Crippen molar-refractivity contribution in [3.05, 3.63) is 87.5 Å². The van der Waals surface area contributed by atoms with Crippen molar-refractivity contribution < 1.29 is 9.18 Å². The molecule has 0 bridgehead atoms. The predicted molar refractivity (Wildman–Crippen MR) is 147 cm³/mol. The maximum Gasteiger partial charge on any atom is 0.267 e. The molecule has 10 heteroatoms. The number of thioether (sulfide) groups is 1. The van der Waals surface area contributed by atoms with E-state index < -0.39 is 0 Å². The van der Waals surface area contributed by atoms with Gasteiger partial charge in [0.05, 0.1) is 10.5 Å². The second kappa shape index (κ2) is 9.87. The first kappa shape index (κ1) is 24.2. The molecule has 1 amide bonds. The van der Waals surface area contributed by atoms with Crippen LogP contribution in [0.2, 0.25) is 0 Å². The van der Waals surface area contributed by atoms with E-state index in [1.807, 2.05) is 19.1 Å². The van der Waals surface area contributed by atoms with Crippen LogP contribution in [0.3, 0.4) is 0 Å². The fourth-order valence-corrected chi connectivity index (χ4v) is 5.62. The van der Waals surface area contributed by atoms with Crippen molar-refractivity contribution in [3.63, 3.8) is 0 Å². The van der Waals surface area contributed by atoms with Crippen LogP contribution in [0, 0.1) is 12.7 Å². The number of carbonyl (C=O) groups excluding carboxylic acids is 1. The van der Waals surface area contributed by atoms with Crippen molar-refractivity contribution in [1.29, 1.82) is 0 Å². The number of piperazine rings is 1. The fraction of sp³-hybridized carbons (Fsp3) is 0.231. The molecule has 0 unspecified atom stereocenters. The van der Waals surface area contributed by atoms with Gasteiger partial charge in [0.25, 0.3) is 11.5 Å². The molecule has 0 atom stereocenters. The van der Waals surface area contributed by atoms with Gasteiger partial charge >= 0.3 is 0 Å². The minimum absolute atomic E-state index is 0.242. The first-order chi connectivity index (χ1) is 17.4. The summed E-state index contributed by atoms with van der Waals surface area (Å²) < 4.78 is 15.3. The zero-order chi connectivity index (χ0) is 25.4. The quantitative estimate of drug-likeness (QED) is 0.287. The zero-order valence-corrected chi connectivity index (χ0v) is 21.3. The smallest absolute Gasteiger partial charge is 0.267 e. The van der Waals surface area contributed by atoms with Gasteiger partial charge in [-0.3, -0.25) is 18.9 Å². The summed E-state index contributed by atoms with van der Waals surface area (Å²) in [5.41, 5.74) is 2.53. The topological polar surface area (TPSA) is 61.2 Å². The van der Waals surface area contributed by atoms with E-state index in [2.05, 4.69) is 16.4 Å². The van der Waals surface area contributed by atoms with Gasteiger partial charge in [-0.05, 0) is 48.9 Å². The Bertz CT molecular complexity index is 1460. The molecule has 7 nitrogen and oxygen atoms in total. The summed E-state index contributed by atoms with van der Waals surface area (Å²) in [6, 6.07) is 10.2. The van der Waals surface area contributed by atoms with Crippen molar-refractivity contribution in [3.8, 4) is 0 Å². The van der Waals surface area contributed by atoms with Crippen LogP contribution in [0.25, 0.3) is 11.7 Å². The summed E-state index contributed by atoms with van der Waals surface area (Å²) in [6.07, 6.45) is 4.99. The van der Waals surface area contributed by atoms with E-state index in [0.717, 1.165) is 11.3 Å². The highest BCUT2D eigenvalue weighted by molar-refractivity contribution is 8.26. The molecule has 2 saturated heterocycles. The number of carbonyl (C=O) groups is 1. The average Bonchev–Trinajstić information content (AvgIpc) is 3.14. The number of aromatic nitrogens is 2. The van der Waals surface area contributed by atoms with Gasteiger partial charge in [-0.15, -0.1) is 6.58 Å². The number of pyridine rings is 1. The van der Waals surface area contributed by atoms with Gasteiger partial charge in [0.15, 0.2) is 0 Å². The third-order valence-corrected chi connectivity index (χ3v) is 7.59. The predicted octanol–water partition coefficient (Wildman–Crippen LogP) is 3.86. The third-order valence-electron chi connectivity index (χ3n) is 6.22. The summed E-state index contributed by atoms with van der Waals surface area (Å²) in [5, 5.41) is 0. The number of hydrogen-bond acceptors (Lipinski definition) is 7. The number of anilines is 2. The molecule has 3 aromatic rings. The summed E-state index contributed by atoms with van der Waals surface area (Å²) in [5.74, 6) is 0.0268. The molecule has 2 aromatic heterocycles. The number of benzene rings is 1. The van der Waals surface area contributed by atoms with E-state index >= 15 is 0 Å². The van der Waals surface area contributed by atoms with E-state index in [-0.39, 0.29) is 17.3 Å². The highest BCUT2D eigenvalue weighted by Crippen LogP contribution is 2.33. The lowest BCUT2D eigenvalue weighted by molar-refractivity contribution is -0.121. The highest BCUT2D eigenvalue weighted by Gasteiger charge is 2.32. The maximum atomic E-state index is 13.7. The minimum atomic E-state index is -0.267. The van der Waals surface area contributed by atoms with Gasteiger partial charge in [0.2, 0.25) is 0 Å². The summed E-state index contributed by atoms with van der Waals surface area (Å²) >= 11 is 6.55. The lowest BCUT2D eigenvalue weighted by atomic mass is 10.2. The van der Waals surface area contributed by atoms with E-state index in [4.69, 9.17) is 17.2 Å². The number of amides is 1. The normalized spacial score (nSPS) is 17.5. The van der Waals surface area contributed by atoms with E-state index in [0.29, 0.717) is 59.0 Å². The van der Waals surface area contributed by atoms with Crippen LogP contribution in [-0.2, 0) is 4.79 Å². The van der Waals surface area contributed by atoms with Gasteiger partial charge in [-0.2, -0.15) is 0 Å². The first-order valence-corrected chi connectivity index (χ1v) is 12.7. The second-order valence-electron chi connectivity index (χ2n) is 8.62. The second-order valence-corrected chi connectivity index (χ2v) is 10.3. The summed E-state index contributed by atoms with van der Waals surface area (Å²) in [4.78, 5) is 37.6. The Morgan fingerprint density at radius 2 is 1.78 bits per heavy atom. The number of aryl methyl sites for hydroxylation is 1. The first-order valence-electron chi connectivity index (χ1n) is 11.5. The van der Waals surface area contributed by atoms with Crippen LogP contribution in [0.4, 0.5) is 15.9 Å². The van der Waals surface area contributed by atoms with Gasteiger partial charge < -0.3 is 9.80 Å². The molecule has 0 N–H and O–H groups in total. The molecule has 0 spiro atoms. The Morgan fingerprint density at radius 1 is 1.08 bits per heavy atom. The SMILES string of the molecule is C=CCN1C(=O)/C(=C/c2c(N3CCN(c4ccc(F)cc4)CC3)nc3ccc(C)cn3c2=O)SC1=S. The number of rotatable bonds is 5. The molecule has 2 fully saturated rings. The van der Waals surface area contributed by atoms with Crippen LogP contribution < -0.4 is 15.4 Å². The third kappa shape index (κ3) is 4.54. The van der Waals surface area contributed by atoms with Crippen LogP contribution in [-0.4, -0.2) is 57.2 Å². The number of fused-ring (bicyclic) bond motifs is 1. The molecule has 2 aliphatic rings. The molecular weight excluding hydrogens is 497 g/mol. The fourth-order valence-electron chi connectivity index (χ4n) is 4.36. The Balaban J connectivity index is 1.53. The molecule has 4 heterocycles. The molecule has 0 radical (unpaired) electrons. The average molecular weight is 522 g/mol. The Hall–Kier alpha value is -3.50. The number of nitrogens with zero attached hydrogens (tertiary/aromatic N) is 5. The largest absolute Gasteiger partial charge is 0.368 e. The highest BCUT2D eigenvalue weighted by atomic mass is 32.2. The number of halogens is 1. The van der Waals surface area contributed by atoms with Gasteiger partial charge in [-0.1, -0.05) is 36.1 Å². The molecule has 184 valence electrons. The van der Waals surface area contributed by atoms with E-state index in [9.17, 15) is 14.0 Å². The number of hydrogen-bond donors (Lipinski definition) is 0. The molecule has 0 aliphatic carbocycles. The molecule has 2 aliphatic heterocycles. The van der Waals surface area contributed by atoms with Crippen molar-refractivity contribution in [2.24, 2.45) is 0 Å². The van der Waals surface area contributed by atoms with Crippen molar-refractivity contribution >= 4 is 57.4 Å². The zero-order valence-electron chi connectivity index (χ0n) is 19.7. The standard InChI is InChI=1S/C26H24FN5O2S2/c1-3-10-31-25(34)21(36-26(31)35)15-20-23(28-22-9-4-17(2)16-32(22)24(20)33)30-13-11-29(12-14-30)19-7-5-18(27)6-8-19/h3-9,15-16H,1,10-14H2,2H3/b21-15-. The number of thiocarbonyl (C=S) groups is 1. The van der Waals surface area contributed by atoms with Crippen molar-refractivity contribution in [2.75, 3.05) is 42.5 Å². The van der Waals surface area contributed by atoms with Crippen LogP contribution in [0.5, 0.6) is 0 Å². The Morgan fingerprint density at radius 3 is 2.47 bits per heavy atom.